The standard InChI is InChI=1S/C12H26N2/c1-4-8-14(3)12(10-13)7-5-6-11(2)9-12/h11H,4-10,13H2,1-3H3. The molecule has 2 nitrogen and oxygen atoms in total. The van der Waals surface area contributed by atoms with Gasteiger partial charge in [-0.15, -0.1) is 0 Å². The van der Waals surface area contributed by atoms with Gasteiger partial charge in [-0.2, -0.15) is 0 Å². The normalized spacial score (nSPS) is 33.6. The lowest BCUT2D eigenvalue weighted by Gasteiger charge is -2.46. The Bertz CT molecular complexity index is 170. The Labute approximate surface area is 88.8 Å². The fourth-order valence-electron chi connectivity index (χ4n) is 2.89. The Morgan fingerprint density at radius 2 is 2.21 bits per heavy atom. The molecule has 1 rings (SSSR count). The number of hydrogen-bond donors (Lipinski definition) is 1. The van der Waals surface area contributed by atoms with E-state index >= 15 is 0 Å². The molecule has 1 saturated carbocycles. The van der Waals surface area contributed by atoms with Gasteiger partial charge in [0.25, 0.3) is 0 Å². The maximum Gasteiger partial charge on any atom is 0.0331 e. The zero-order valence-electron chi connectivity index (χ0n) is 10.1. The van der Waals surface area contributed by atoms with Gasteiger partial charge in [0.05, 0.1) is 0 Å². The van der Waals surface area contributed by atoms with Crippen LogP contribution in [0.4, 0.5) is 0 Å². The van der Waals surface area contributed by atoms with Gasteiger partial charge in [0.1, 0.15) is 0 Å². The lowest BCUT2D eigenvalue weighted by Crippen LogP contribution is -2.54. The van der Waals surface area contributed by atoms with Crippen molar-refractivity contribution in [3.63, 3.8) is 0 Å². The van der Waals surface area contributed by atoms with Crippen LogP contribution in [0.1, 0.15) is 46.0 Å². The summed E-state index contributed by atoms with van der Waals surface area (Å²) < 4.78 is 0. The van der Waals surface area contributed by atoms with E-state index in [-0.39, 0.29) is 0 Å². The summed E-state index contributed by atoms with van der Waals surface area (Å²) in [5.74, 6) is 0.853. The topological polar surface area (TPSA) is 29.3 Å². The van der Waals surface area contributed by atoms with Gasteiger partial charge in [-0.1, -0.05) is 26.7 Å². The first-order valence-corrected chi connectivity index (χ1v) is 6.06. The molecule has 1 fully saturated rings. The van der Waals surface area contributed by atoms with Gasteiger partial charge >= 0.3 is 0 Å². The van der Waals surface area contributed by atoms with Crippen LogP contribution in [0, 0.1) is 5.92 Å². The maximum atomic E-state index is 5.99. The Morgan fingerprint density at radius 3 is 2.71 bits per heavy atom. The van der Waals surface area contributed by atoms with Gasteiger partial charge in [0, 0.05) is 12.1 Å². The second-order valence-electron chi connectivity index (χ2n) is 5.05. The van der Waals surface area contributed by atoms with Gasteiger partial charge in [-0.3, -0.25) is 4.90 Å². The van der Waals surface area contributed by atoms with Crippen LogP contribution >= 0.6 is 0 Å². The summed E-state index contributed by atoms with van der Waals surface area (Å²) in [4.78, 5) is 2.50. The number of hydrogen-bond acceptors (Lipinski definition) is 2. The van der Waals surface area contributed by atoms with Crippen molar-refractivity contribution < 1.29 is 0 Å². The summed E-state index contributed by atoms with van der Waals surface area (Å²) in [6.07, 6.45) is 6.56. The van der Waals surface area contributed by atoms with Crippen molar-refractivity contribution in [1.82, 2.24) is 4.90 Å². The minimum atomic E-state index is 0.313. The molecule has 0 radical (unpaired) electrons. The van der Waals surface area contributed by atoms with E-state index in [0.717, 1.165) is 12.5 Å². The first-order valence-electron chi connectivity index (χ1n) is 6.06. The molecule has 0 aromatic rings. The third kappa shape index (κ3) is 2.48. The van der Waals surface area contributed by atoms with Crippen LogP contribution in [0.15, 0.2) is 0 Å². The molecule has 0 amide bonds. The molecule has 0 aromatic heterocycles. The highest BCUT2D eigenvalue weighted by Crippen LogP contribution is 2.35. The number of nitrogens with two attached hydrogens (primary N) is 1. The molecule has 0 aliphatic heterocycles. The molecule has 2 N–H and O–H groups in total. The molecule has 2 unspecified atom stereocenters. The lowest BCUT2D eigenvalue weighted by atomic mass is 9.75. The highest BCUT2D eigenvalue weighted by atomic mass is 15.2. The van der Waals surface area contributed by atoms with Crippen LogP contribution in [-0.4, -0.2) is 30.6 Å². The summed E-state index contributed by atoms with van der Waals surface area (Å²) in [5.41, 5.74) is 6.30. The van der Waals surface area contributed by atoms with Crippen molar-refractivity contribution >= 4 is 0 Å². The van der Waals surface area contributed by atoms with Crippen LogP contribution in [0.2, 0.25) is 0 Å². The lowest BCUT2D eigenvalue weighted by molar-refractivity contribution is 0.0618. The maximum absolute atomic E-state index is 5.99. The predicted molar refractivity (Wildman–Crippen MR) is 62.3 cm³/mol. The minimum absolute atomic E-state index is 0.313. The van der Waals surface area contributed by atoms with E-state index in [1.807, 2.05) is 0 Å². The summed E-state index contributed by atoms with van der Waals surface area (Å²) in [7, 11) is 2.24. The minimum Gasteiger partial charge on any atom is -0.329 e. The first-order chi connectivity index (χ1) is 6.64. The molecule has 1 aliphatic rings. The predicted octanol–water partition coefficient (Wildman–Crippen LogP) is 2.24. The average Bonchev–Trinajstić information content (AvgIpc) is 2.18. The van der Waals surface area contributed by atoms with Crippen molar-refractivity contribution in [2.75, 3.05) is 20.1 Å². The summed E-state index contributed by atoms with van der Waals surface area (Å²) in [6.45, 7) is 6.62. The Morgan fingerprint density at radius 1 is 1.50 bits per heavy atom. The highest BCUT2D eigenvalue weighted by Gasteiger charge is 2.36. The summed E-state index contributed by atoms with van der Waals surface area (Å²) in [5, 5.41) is 0. The molecule has 0 saturated heterocycles. The molecule has 0 heterocycles. The molecule has 84 valence electrons. The van der Waals surface area contributed by atoms with Crippen molar-refractivity contribution in [2.45, 2.75) is 51.5 Å². The molecular formula is C12H26N2. The monoisotopic (exact) mass is 198 g/mol. The van der Waals surface area contributed by atoms with Crippen LogP contribution < -0.4 is 5.73 Å². The molecule has 14 heavy (non-hydrogen) atoms. The second kappa shape index (κ2) is 5.13. The van der Waals surface area contributed by atoms with Crippen molar-refractivity contribution in [2.24, 2.45) is 11.7 Å². The Balaban J connectivity index is 2.63. The fourth-order valence-corrected chi connectivity index (χ4v) is 2.89. The summed E-state index contributed by atoms with van der Waals surface area (Å²) in [6, 6.07) is 0. The van der Waals surface area contributed by atoms with Gasteiger partial charge < -0.3 is 5.73 Å². The van der Waals surface area contributed by atoms with Gasteiger partial charge in [-0.25, -0.2) is 0 Å². The zero-order chi connectivity index (χ0) is 10.6. The first kappa shape index (κ1) is 12.0. The molecule has 2 heteroatoms. The van der Waals surface area contributed by atoms with E-state index in [0.29, 0.717) is 5.54 Å². The van der Waals surface area contributed by atoms with Crippen molar-refractivity contribution in [3.8, 4) is 0 Å². The molecule has 2 atom stereocenters. The molecule has 0 spiro atoms. The van der Waals surface area contributed by atoms with E-state index < -0.39 is 0 Å². The smallest absolute Gasteiger partial charge is 0.0331 e. The van der Waals surface area contributed by atoms with Gasteiger partial charge in [-0.05, 0) is 38.8 Å². The van der Waals surface area contributed by atoms with Crippen LogP contribution in [-0.2, 0) is 0 Å². The highest BCUT2D eigenvalue weighted by molar-refractivity contribution is 4.94. The van der Waals surface area contributed by atoms with Crippen LogP contribution in [0.3, 0.4) is 0 Å². The largest absolute Gasteiger partial charge is 0.329 e. The van der Waals surface area contributed by atoms with E-state index in [1.54, 1.807) is 0 Å². The van der Waals surface area contributed by atoms with E-state index in [2.05, 4.69) is 25.8 Å². The van der Waals surface area contributed by atoms with E-state index in [4.69, 9.17) is 5.73 Å². The number of rotatable bonds is 4. The third-order valence-corrected chi connectivity index (χ3v) is 3.82. The van der Waals surface area contributed by atoms with Crippen LogP contribution in [0.25, 0.3) is 0 Å². The van der Waals surface area contributed by atoms with E-state index in [1.165, 1.54) is 38.6 Å². The SMILES string of the molecule is CCCN(C)C1(CN)CCCC(C)C1. The Hall–Kier alpha value is -0.0800. The Kier molecular flexibility index (Phi) is 4.39. The van der Waals surface area contributed by atoms with Gasteiger partial charge in [0.2, 0.25) is 0 Å². The molecular weight excluding hydrogens is 172 g/mol. The van der Waals surface area contributed by atoms with Crippen molar-refractivity contribution in [3.05, 3.63) is 0 Å². The van der Waals surface area contributed by atoms with Crippen LogP contribution in [0.5, 0.6) is 0 Å². The number of likely N-dealkylation sites (N-methyl/N-ethyl adjacent to an activating group) is 1. The molecule has 0 aromatic carbocycles. The third-order valence-electron chi connectivity index (χ3n) is 3.82. The van der Waals surface area contributed by atoms with Gasteiger partial charge in [0.15, 0.2) is 0 Å². The number of nitrogens with zero attached hydrogens (tertiary/aromatic N) is 1. The quantitative estimate of drug-likeness (QED) is 0.750. The molecule has 0 bridgehead atoms. The average molecular weight is 198 g/mol. The van der Waals surface area contributed by atoms with E-state index in [9.17, 15) is 0 Å². The fraction of sp³-hybridized carbons (Fsp3) is 1.00. The summed E-state index contributed by atoms with van der Waals surface area (Å²) >= 11 is 0. The second-order valence-corrected chi connectivity index (χ2v) is 5.05. The van der Waals surface area contributed by atoms with Crippen molar-refractivity contribution in [1.29, 1.82) is 0 Å². The zero-order valence-corrected chi connectivity index (χ0v) is 10.1. The molecule has 1 aliphatic carbocycles.